The average molecular weight is 527 g/mol. The normalized spacial score (nSPS) is 11.9. The lowest BCUT2D eigenvalue weighted by molar-refractivity contribution is 1.27. The molecule has 0 amide bonds. The second-order valence-electron chi connectivity index (χ2n) is 10.4. The minimum atomic E-state index is 1.13. The molecule has 1 aliphatic heterocycles. The van der Waals surface area contributed by atoms with Gasteiger partial charge in [-0.3, -0.25) is 0 Å². The summed E-state index contributed by atoms with van der Waals surface area (Å²) >= 11 is 0. The first-order chi connectivity index (χ1) is 20.2. The van der Waals surface area contributed by atoms with Crippen LogP contribution < -0.4 is 9.80 Å². The maximum Gasteiger partial charge on any atom is 0.0534 e. The van der Waals surface area contributed by atoms with E-state index >= 15 is 0 Å². The molecule has 6 aromatic rings. The molecular formula is C39H30N2. The molecule has 0 atom stereocenters. The standard InChI is InChI=1S/C39H30N2/c1-29-10-9-15-37(28-29)40(34-13-3-2-4-14-34)35-24-20-30(21-25-35)31-22-26-36(27-23-31)41-38-16-7-5-11-32(38)18-19-33-12-6-8-17-39(33)41/h2-28H,1H3. The van der Waals surface area contributed by atoms with Gasteiger partial charge in [0.05, 0.1) is 11.4 Å². The molecule has 0 bridgehead atoms. The molecule has 0 aromatic heterocycles. The van der Waals surface area contributed by atoms with Gasteiger partial charge in [-0.2, -0.15) is 0 Å². The van der Waals surface area contributed by atoms with E-state index in [1.807, 2.05) is 0 Å². The highest BCUT2D eigenvalue weighted by atomic mass is 15.2. The van der Waals surface area contributed by atoms with Crippen molar-refractivity contribution in [2.45, 2.75) is 6.92 Å². The maximum atomic E-state index is 2.36. The van der Waals surface area contributed by atoms with Crippen LogP contribution in [0.3, 0.4) is 0 Å². The summed E-state index contributed by atoms with van der Waals surface area (Å²) in [6.07, 6.45) is 4.42. The van der Waals surface area contributed by atoms with Crippen LogP contribution in [0.15, 0.2) is 152 Å². The van der Waals surface area contributed by atoms with Crippen LogP contribution in [0.2, 0.25) is 0 Å². The van der Waals surface area contributed by atoms with Gasteiger partial charge in [0, 0.05) is 22.7 Å². The smallest absolute Gasteiger partial charge is 0.0534 e. The van der Waals surface area contributed by atoms with Crippen LogP contribution in [-0.2, 0) is 0 Å². The van der Waals surface area contributed by atoms with Crippen molar-refractivity contribution in [1.82, 2.24) is 0 Å². The zero-order valence-electron chi connectivity index (χ0n) is 23.0. The third-order valence-corrected chi connectivity index (χ3v) is 7.66. The topological polar surface area (TPSA) is 6.48 Å². The molecule has 7 rings (SSSR count). The van der Waals surface area contributed by atoms with Crippen LogP contribution in [0, 0.1) is 6.92 Å². The fraction of sp³-hybridized carbons (Fsp3) is 0.0256. The van der Waals surface area contributed by atoms with E-state index in [4.69, 9.17) is 0 Å². The van der Waals surface area contributed by atoms with E-state index in [0.717, 1.165) is 22.7 Å². The number of hydrogen-bond donors (Lipinski definition) is 0. The van der Waals surface area contributed by atoms with Gasteiger partial charge in [0.1, 0.15) is 0 Å². The van der Waals surface area contributed by atoms with Crippen molar-refractivity contribution in [3.8, 4) is 11.1 Å². The monoisotopic (exact) mass is 526 g/mol. The number of fused-ring (bicyclic) bond motifs is 2. The number of para-hydroxylation sites is 3. The Morgan fingerprint density at radius 3 is 1.56 bits per heavy atom. The molecular weight excluding hydrogens is 496 g/mol. The molecule has 196 valence electrons. The molecule has 0 N–H and O–H groups in total. The molecule has 2 nitrogen and oxygen atoms in total. The molecule has 0 aliphatic carbocycles. The Labute approximate surface area is 242 Å². The van der Waals surface area contributed by atoms with Crippen LogP contribution in [0.25, 0.3) is 23.3 Å². The van der Waals surface area contributed by atoms with E-state index in [-0.39, 0.29) is 0 Å². The van der Waals surface area contributed by atoms with Gasteiger partial charge in [0.25, 0.3) is 0 Å². The number of benzene rings is 6. The summed E-state index contributed by atoms with van der Waals surface area (Å²) in [4.78, 5) is 4.67. The Hall–Kier alpha value is -5.34. The molecule has 0 radical (unpaired) electrons. The molecule has 0 spiro atoms. The van der Waals surface area contributed by atoms with Crippen LogP contribution in [0.5, 0.6) is 0 Å². The third-order valence-electron chi connectivity index (χ3n) is 7.66. The van der Waals surface area contributed by atoms with Gasteiger partial charge in [0.2, 0.25) is 0 Å². The summed E-state index contributed by atoms with van der Waals surface area (Å²) in [6, 6.07) is 54.1. The van der Waals surface area contributed by atoms with E-state index in [1.54, 1.807) is 0 Å². The Balaban J connectivity index is 1.23. The van der Waals surface area contributed by atoms with Gasteiger partial charge in [0.15, 0.2) is 0 Å². The molecule has 6 aromatic carbocycles. The summed E-state index contributed by atoms with van der Waals surface area (Å²) in [5, 5.41) is 0. The van der Waals surface area contributed by atoms with Crippen molar-refractivity contribution in [2.24, 2.45) is 0 Å². The number of rotatable bonds is 5. The molecule has 2 heteroatoms. The summed E-state index contributed by atoms with van der Waals surface area (Å²) in [7, 11) is 0. The zero-order valence-corrected chi connectivity index (χ0v) is 23.0. The highest BCUT2D eigenvalue weighted by molar-refractivity contribution is 5.93. The molecule has 0 saturated carbocycles. The highest BCUT2D eigenvalue weighted by Crippen LogP contribution is 2.42. The molecule has 0 fully saturated rings. The molecule has 0 unspecified atom stereocenters. The molecule has 0 saturated heterocycles. The van der Waals surface area contributed by atoms with Gasteiger partial charge in [-0.15, -0.1) is 0 Å². The summed E-state index contributed by atoms with van der Waals surface area (Å²) in [5.74, 6) is 0. The second-order valence-corrected chi connectivity index (χ2v) is 10.4. The average Bonchev–Trinajstić information content (AvgIpc) is 3.19. The van der Waals surface area contributed by atoms with Gasteiger partial charge in [-0.05, 0) is 95.4 Å². The van der Waals surface area contributed by atoms with E-state index in [1.165, 1.54) is 39.2 Å². The van der Waals surface area contributed by atoms with Gasteiger partial charge < -0.3 is 9.80 Å². The zero-order chi connectivity index (χ0) is 27.6. The summed E-state index contributed by atoms with van der Waals surface area (Å²) in [5.41, 5.74) is 13.0. The predicted octanol–water partition coefficient (Wildman–Crippen LogP) is 11.1. The number of nitrogens with zero attached hydrogens (tertiary/aromatic N) is 2. The lowest BCUT2D eigenvalue weighted by atomic mass is 10.0. The van der Waals surface area contributed by atoms with Crippen LogP contribution in [-0.4, -0.2) is 0 Å². The van der Waals surface area contributed by atoms with Crippen molar-refractivity contribution in [2.75, 3.05) is 9.80 Å². The van der Waals surface area contributed by atoms with E-state index in [0.29, 0.717) is 0 Å². The fourth-order valence-electron chi connectivity index (χ4n) is 5.65. The van der Waals surface area contributed by atoms with Gasteiger partial charge >= 0.3 is 0 Å². The Kier molecular flexibility index (Phi) is 6.42. The maximum absolute atomic E-state index is 2.36. The molecule has 41 heavy (non-hydrogen) atoms. The Morgan fingerprint density at radius 1 is 0.439 bits per heavy atom. The van der Waals surface area contributed by atoms with Crippen molar-refractivity contribution < 1.29 is 0 Å². The lowest BCUT2D eigenvalue weighted by Gasteiger charge is -2.27. The SMILES string of the molecule is Cc1cccc(N(c2ccccc2)c2ccc(-c3ccc(N4c5ccccc5C=Cc5ccccc54)cc3)cc2)c1. The summed E-state index contributed by atoms with van der Waals surface area (Å²) < 4.78 is 0. The minimum absolute atomic E-state index is 1.13. The first-order valence-electron chi connectivity index (χ1n) is 14.0. The van der Waals surface area contributed by atoms with Crippen LogP contribution >= 0.6 is 0 Å². The predicted molar refractivity (Wildman–Crippen MR) is 175 cm³/mol. The minimum Gasteiger partial charge on any atom is -0.310 e. The van der Waals surface area contributed by atoms with Crippen molar-refractivity contribution in [3.63, 3.8) is 0 Å². The third kappa shape index (κ3) is 4.81. The molecule has 1 heterocycles. The fourth-order valence-corrected chi connectivity index (χ4v) is 5.65. The number of aryl methyl sites for hydroxylation is 1. The Morgan fingerprint density at radius 2 is 0.951 bits per heavy atom. The number of hydrogen-bond acceptors (Lipinski definition) is 2. The van der Waals surface area contributed by atoms with Gasteiger partial charge in [-0.1, -0.05) is 103 Å². The number of anilines is 6. The first-order valence-corrected chi connectivity index (χ1v) is 14.0. The Bertz CT molecular complexity index is 1780. The summed E-state index contributed by atoms with van der Waals surface area (Å²) in [6.45, 7) is 2.14. The van der Waals surface area contributed by atoms with Crippen molar-refractivity contribution in [3.05, 3.63) is 168 Å². The van der Waals surface area contributed by atoms with E-state index in [2.05, 4.69) is 181 Å². The van der Waals surface area contributed by atoms with Crippen molar-refractivity contribution >= 4 is 46.3 Å². The van der Waals surface area contributed by atoms with E-state index in [9.17, 15) is 0 Å². The molecule has 1 aliphatic rings. The van der Waals surface area contributed by atoms with E-state index < -0.39 is 0 Å². The lowest BCUT2D eigenvalue weighted by Crippen LogP contribution is -2.11. The largest absolute Gasteiger partial charge is 0.310 e. The second kappa shape index (κ2) is 10.7. The quantitative estimate of drug-likeness (QED) is 0.220. The van der Waals surface area contributed by atoms with Crippen LogP contribution in [0.1, 0.15) is 16.7 Å². The first kappa shape index (κ1) is 24.7. The van der Waals surface area contributed by atoms with Crippen LogP contribution in [0.4, 0.5) is 34.1 Å². The highest BCUT2D eigenvalue weighted by Gasteiger charge is 2.19. The van der Waals surface area contributed by atoms with Gasteiger partial charge in [-0.25, -0.2) is 0 Å². The van der Waals surface area contributed by atoms with Crippen molar-refractivity contribution in [1.29, 1.82) is 0 Å².